The summed E-state index contributed by atoms with van der Waals surface area (Å²) in [5.41, 5.74) is 3.10. The molecule has 1 aromatic carbocycles. The van der Waals surface area contributed by atoms with E-state index in [-0.39, 0.29) is 18.2 Å². The van der Waals surface area contributed by atoms with E-state index in [1.807, 2.05) is 31.2 Å². The number of carboxylic acids is 1. The number of carboxylic acid groups (broad SMARTS) is 1. The van der Waals surface area contributed by atoms with Crippen LogP contribution < -0.4 is 4.90 Å². The summed E-state index contributed by atoms with van der Waals surface area (Å²) in [6, 6.07) is 9.31. The minimum atomic E-state index is -0.854. The Morgan fingerprint density at radius 1 is 1.35 bits per heavy atom. The van der Waals surface area contributed by atoms with Crippen LogP contribution in [0.1, 0.15) is 41.0 Å². The maximum Gasteiger partial charge on any atom is 0.304 e. The van der Waals surface area contributed by atoms with Crippen molar-refractivity contribution in [1.82, 2.24) is 9.78 Å². The summed E-state index contributed by atoms with van der Waals surface area (Å²) in [4.78, 5) is 25.7. The third kappa shape index (κ3) is 2.72. The zero-order chi connectivity index (χ0) is 16.6. The number of benzene rings is 1. The fourth-order valence-corrected chi connectivity index (χ4v) is 3.11. The Morgan fingerprint density at radius 3 is 2.74 bits per heavy atom. The highest BCUT2D eigenvalue weighted by Gasteiger charge is 2.34. The molecule has 1 aliphatic rings. The van der Waals surface area contributed by atoms with Crippen LogP contribution in [0.4, 0.5) is 5.69 Å². The summed E-state index contributed by atoms with van der Waals surface area (Å²) >= 11 is 0. The molecule has 120 valence electrons. The fraction of sp³-hybridized carbons (Fsp3) is 0.353. The number of carbonyl (C=O) groups is 2. The van der Waals surface area contributed by atoms with Crippen molar-refractivity contribution in [3.63, 3.8) is 0 Å². The van der Waals surface area contributed by atoms with Crippen LogP contribution in [0.15, 0.2) is 30.3 Å². The van der Waals surface area contributed by atoms with Crippen LogP contribution in [0.2, 0.25) is 0 Å². The summed E-state index contributed by atoms with van der Waals surface area (Å²) in [6.07, 6.45) is 0.783. The number of para-hydroxylation sites is 1. The number of amides is 1. The Balaban J connectivity index is 1.95. The van der Waals surface area contributed by atoms with Gasteiger partial charge in [-0.2, -0.15) is 5.10 Å². The first-order valence-corrected chi connectivity index (χ1v) is 7.66. The molecular weight excluding hydrogens is 294 g/mol. The highest BCUT2D eigenvalue weighted by atomic mass is 16.4. The van der Waals surface area contributed by atoms with Crippen LogP contribution in [-0.4, -0.2) is 33.3 Å². The van der Waals surface area contributed by atoms with Gasteiger partial charge in [0.15, 0.2) is 0 Å². The van der Waals surface area contributed by atoms with Crippen molar-refractivity contribution in [1.29, 1.82) is 0 Å². The molecule has 0 saturated carbocycles. The molecule has 1 amide bonds. The van der Waals surface area contributed by atoms with Crippen molar-refractivity contribution < 1.29 is 14.7 Å². The van der Waals surface area contributed by atoms with Crippen LogP contribution >= 0.6 is 0 Å². The maximum absolute atomic E-state index is 12.9. The van der Waals surface area contributed by atoms with E-state index in [2.05, 4.69) is 5.10 Å². The summed E-state index contributed by atoms with van der Waals surface area (Å²) in [5, 5.41) is 13.4. The number of anilines is 1. The molecule has 23 heavy (non-hydrogen) atoms. The minimum Gasteiger partial charge on any atom is -0.481 e. The van der Waals surface area contributed by atoms with Crippen molar-refractivity contribution in [2.24, 2.45) is 7.05 Å². The molecule has 0 radical (unpaired) electrons. The highest BCUT2D eigenvalue weighted by molar-refractivity contribution is 6.06. The second kappa shape index (κ2) is 5.87. The fourth-order valence-electron chi connectivity index (χ4n) is 3.11. The Bertz CT molecular complexity index is 766. The Kier molecular flexibility index (Phi) is 3.90. The van der Waals surface area contributed by atoms with E-state index in [9.17, 15) is 9.59 Å². The number of nitrogens with zero attached hydrogens (tertiary/aromatic N) is 3. The minimum absolute atomic E-state index is 0.0202. The lowest BCUT2D eigenvalue weighted by Gasteiger charge is -2.17. The van der Waals surface area contributed by atoms with Crippen LogP contribution in [0.3, 0.4) is 0 Å². The number of aromatic nitrogens is 2. The van der Waals surface area contributed by atoms with E-state index in [1.165, 1.54) is 0 Å². The molecule has 0 aliphatic carbocycles. The molecule has 0 fully saturated rings. The molecule has 0 bridgehead atoms. The van der Waals surface area contributed by atoms with Crippen LogP contribution in [-0.2, 0) is 18.3 Å². The van der Waals surface area contributed by atoms with Crippen molar-refractivity contribution in [3.05, 3.63) is 47.3 Å². The normalized spacial score (nSPS) is 16.4. The van der Waals surface area contributed by atoms with Gasteiger partial charge in [-0.15, -0.1) is 0 Å². The highest BCUT2D eigenvalue weighted by Crippen LogP contribution is 2.38. The quantitative estimate of drug-likeness (QED) is 0.939. The van der Waals surface area contributed by atoms with Crippen LogP contribution in [0, 0.1) is 0 Å². The lowest BCUT2D eigenvalue weighted by atomic mass is 9.98. The molecule has 1 atom stereocenters. The van der Waals surface area contributed by atoms with Gasteiger partial charge >= 0.3 is 5.97 Å². The van der Waals surface area contributed by atoms with Gasteiger partial charge < -0.3 is 10.0 Å². The largest absolute Gasteiger partial charge is 0.481 e. The molecule has 3 rings (SSSR count). The van der Waals surface area contributed by atoms with Gasteiger partial charge in [0.1, 0.15) is 5.69 Å². The summed E-state index contributed by atoms with van der Waals surface area (Å²) < 4.78 is 1.59. The lowest BCUT2D eigenvalue weighted by Crippen LogP contribution is -2.31. The average molecular weight is 313 g/mol. The summed E-state index contributed by atoms with van der Waals surface area (Å²) in [5.74, 6) is -1.17. The Hall–Kier alpha value is -2.63. The van der Waals surface area contributed by atoms with E-state index in [0.717, 1.165) is 23.4 Å². The number of carbonyl (C=O) groups excluding carboxylic acids is 1. The van der Waals surface area contributed by atoms with E-state index in [0.29, 0.717) is 12.2 Å². The number of aryl methyl sites for hydroxylation is 2. The number of hydrogen-bond donors (Lipinski definition) is 1. The number of rotatable bonds is 4. The molecule has 2 aromatic rings. The average Bonchev–Trinajstić information content (AvgIpc) is 3.08. The first kappa shape index (κ1) is 15.3. The van der Waals surface area contributed by atoms with E-state index < -0.39 is 5.97 Å². The van der Waals surface area contributed by atoms with Gasteiger partial charge in [-0.3, -0.25) is 14.3 Å². The van der Waals surface area contributed by atoms with Gasteiger partial charge in [0.2, 0.25) is 0 Å². The number of fused-ring (bicyclic) bond motifs is 1. The zero-order valence-corrected chi connectivity index (χ0v) is 13.2. The van der Waals surface area contributed by atoms with Crippen molar-refractivity contribution in [2.45, 2.75) is 25.7 Å². The first-order chi connectivity index (χ1) is 11.0. The van der Waals surface area contributed by atoms with Crippen molar-refractivity contribution >= 4 is 17.6 Å². The molecule has 0 spiro atoms. The lowest BCUT2D eigenvalue weighted by molar-refractivity contribution is -0.137. The van der Waals surface area contributed by atoms with Gasteiger partial charge in [-0.25, -0.2) is 0 Å². The molecular formula is C17H19N3O3. The second-order valence-corrected chi connectivity index (χ2v) is 5.77. The molecule has 1 N–H and O–H groups in total. The predicted octanol–water partition coefficient (Wildman–Crippen LogP) is 2.20. The van der Waals surface area contributed by atoms with Crippen LogP contribution in [0.25, 0.3) is 0 Å². The topological polar surface area (TPSA) is 75.4 Å². The van der Waals surface area contributed by atoms with Gasteiger partial charge in [0.05, 0.1) is 12.1 Å². The summed E-state index contributed by atoms with van der Waals surface area (Å²) in [6.45, 7) is 2.38. The van der Waals surface area contributed by atoms with Crippen molar-refractivity contribution in [2.75, 3.05) is 11.4 Å². The van der Waals surface area contributed by atoms with Crippen molar-refractivity contribution in [3.8, 4) is 0 Å². The van der Waals surface area contributed by atoms with E-state index in [1.54, 1.807) is 22.7 Å². The smallest absolute Gasteiger partial charge is 0.304 e. The molecule has 1 aromatic heterocycles. The molecule has 6 nitrogen and oxygen atoms in total. The first-order valence-electron chi connectivity index (χ1n) is 7.66. The predicted molar refractivity (Wildman–Crippen MR) is 85.7 cm³/mol. The molecule has 1 unspecified atom stereocenters. The Morgan fingerprint density at radius 2 is 2.09 bits per heavy atom. The third-order valence-electron chi connectivity index (χ3n) is 4.25. The van der Waals surface area contributed by atoms with Gasteiger partial charge in [-0.05, 0) is 24.1 Å². The Labute approximate surface area is 134 Å². The molecule has 1 aliphatic heterocycles. The summed E-state index contributed by atoms with van der Waals surface area (Å²) in [7, 11) is 1.75. The second-order valence-electron chi connectivity index (χ2n) is 5.77. The molecule has 2 heterocycles. The van der Waals surface area contributed by atoms with Crippen LogP contribution in [0.5, 0.6) is 0 Å². The number of hydrogen-bond acceptors (Lipinski definition) is 3. The zero-order valence-electron chi connectivity index (χ0n) is 13.2. The third-order valence-corrected chi connectivity index (χ3v) is 4.25. The van der Waals surface area contributed by atoms with Gasteiger partial charge in [0, 0.05) is 25.2 Å². The number of aliphatic carboxylic acids is 1. The van der Waals surface area contributed by atoms with Gasteiger partial charge in [-0.1, -0.05) is 25.1 Å². The standard InChI is InChI=1S/C17H19N3O3/c1-3-12-9-15(19(2)18-12)17(23)20-10-11(8-16(21)22)13-6-4-5-7-14(13)20/h4-7,9,11H,3,8,10H2,1-2H3,(H,21,22). The molecule has 0 saturated heterocycles. The van der Waals surface area contributed by atoms with Gasteiger partial charge in [0.25, 0.3) is 5.91 Å². The monoisotopic (exact) mass is 313 g/mol. The molecule has 6 heteroatoms. The SMILES string of the molecule is CCc1cc(C(=O)N2CC(CC(=O)O)c3ccccc32)n(C)n1. The maximum atomic E-state index is 12.9. The van der Waals surface area contributed by atoms with E-state index in [4.69, 9.17) is 5.11 Å². The van der Waals surface area contributed by atoms with E-state index >= 15 is 0 Å².